The number of hydrogen-bond donors (Lipinski definition) is 2. The van der Waals surface area contributed by atoms with Crippen molar-refractivity contribution in [3.63, 3.8) is 0 Å². The Morgan fingerprint density at radius 3 is 2.60 bits per heavy atom. The minimum atomic E-state index is 0.227. The second-order valence-electron chi connectivity index (χ2n) is 4.14. The van der Waals surface area contributed by atoms with Gasteiger partial charge >= 0.3 is 0 Å². The van der Waals surface area contributed by atoms with E-state index >= 15 is 0 Å². The lowest BCUT2D eigenvalue weighted by molar-refractivity contribution is 0.445. The van der Waals surface area contributed by atoms with Crippen LogP contribution in [0.1, 0.15) is 51.0 Å². The zero-order chi connectivity index (χ0) is 11.3. The van der Waals surface area contributed by atoms with Crippen LogP contribution in [0.15, 0.2) is 18.2 Å². The molecule has 0 spiro atoms. The highest BCUT2D eigenvalue weighted by Gasteiger charge is 2.10. The molecule has 0 aliphatic rings. The molecule has 15 heavy (non-hydrogen) atoms. The van der Waals surface area contributed by atoms with Crippen LogP contribution >= 0.6 is 0 Å². The molecule has 1 aromatic rings. The standard InChI is InChI=1S/C13H20O2/c1-3-4-5-6-10(2)12-9-11(14)7-8-13(12)15/h7-10,14-15H,3-6H2,1-2H3. The van der Waals surface area contributed by atoms with Gasteiger partial charge in [0.15, 0.2) is 0 Å². The third-order valence-electron chi connectivity index (χ3n) is 2.78. The number of rotatable bonds is 5. The molecular weight excluding hydrogens is 188 g/mol. The molecule has 1 aromatic carbocycles. The molecule has 0 fully saturated rings. The van der Waals surface area contributed by atoms with E-state index in [1.54, 1.807) is 12.1 Å². The number of aromatic hydroxyl groups is 2. The van der Waals surface area contributed by atoms with Crippen molar-refractivity contribution in [2.24, 2.45) is 0 Å². The summed E-state index contributed by atoms with van der Waals surface area (Å²) in [7, 11) is 0. The summed E-state index contributed by atoms with van der Waals surface area (Å²) in [6, 6.07) is 4.73. The first-order valence-corrected chi connectivity index (χ1v) is 5.67. The lowest BCUT2D eigenvalue weighted by Crippen LogP contribution is -1.94. The molecule has 84 valence electrons. The summed E-state index contributed by atoms with van der Waals surface area (Å²) in [6.45, 7) is 4.26. The topological polar surface area (TPSA) is 40.5 Å². The number of hydrogen-bond acceptors (Lipinski definition) is 2. The van der Waals surface area contributed by atoms with Crippen molar-refractivity contribution in [2.45, 2.75) is 45.4 Å². The minimum absolute atomic E-state index is 0.227. The normalized spacial score (nSPS) is 12.7. The highest BCUT2D eigenvalue weighted by molar-refractivity contribution is 5.40. The maximum absolute atomic E-state index is 9.65. The van der Waals surface area contributed by atoms with E-state index in [-0.39, 0.29) is 11.5 Å². The number of benzene rings is 1. The smallest absolute Gasteiger partial charge is 0.119 e. The van der Waals surface area contributed by atoms with Crippen LogP contribution in [0.5, 0.6) is 11.5 Å². The Kier molecular flexibility index (Phi) is 4.47. The van der Waals surface area contributed by atoms with E-state index in [0.717, 1.165) is 12.0 Å². The lowest BCUT2D eigenvalue weighted by Gasteiger charge is -2.13. The molecule has 0 aliphatic carbocycles. The summed E-state index contributed by atoms with van der Waals surface area (Å²) in [5.74, 6) is 0.825. The molecule has 2 nitrogen and oxygen atoms in total. The van der Waals surface area contributed by atoms with Gasteiger partial charge in [-0.05, 0) is 30.5 Å². The van der Waals surface area contributed by atoms with Gasteiger partial charge in [0.25, 0.3) is 0 Å². The third kappa shape index (κ3) is 3.46. The molecule has 0 saturated carbocycles. The predicted octanol–water partition coefficient (Wildman–Crippen LogP) is 3.78. The quantitative estimate of drug-likeness (QED) is 0.571. The van der Waals surface area contributed by atoms with Crippen molar-refractivity contribution >= 4 is 0 Å². The summed E-state index contributed by atoms with van der Waals surface area (Å²) in [4.78, 5) is 0. The molecule has 0 radical (unpaired) electrons. The van der Waals surface area contributed by atoms with Crippen LogP contribution in [-0.2, 0) is 0 Å². The number of unbranched alkanes of at least 4 members (excludes halogenated alkanes) is 2. The summed E-state index contributed by atoms with van der Waals surface area (Å²) in [5.41, 5.74) is 0.853. The van der Waals surface area contributed by atoms with Crippen LogP contribution in [0.4, 0.5) is 0 Å². The first-order valence-electron chi connectivity index (χ1n) is 5.67. The predicted molar refractivity (Wildman–Crippen MR) is 62.3 cm³/mol. The van der Waals surface area contributed by atoms with Gasteiger partial charge in [-0.25, -0.2) is 0 Å². The Bertz CT molecular complexity index is 307. The molecule has 0 amide bonds. The number of phenols is 2. The maximum atomic E-state index is 9.65. The van der Waals surface area contributed by atoms with Gasteiger partial charge in [0.2, 0.25) is 0 Å². The summed E-state index contributed by atoms with van der Waals surface area (Å²) >= 11 is 0. The Hall–Kier alpha value is -1.18. The van der Waals surface area contributed by atoms with Gasteiger partial charge in [0, 0.05) is 5.56 Å². The zero-order valence-electron chi connectivity index (χ0n) is 9.53. The van der Waals surface area contributed by atoms with Crippen molar-refractivity contribution in [3.8, 4) is 11.5 Å². The second kappa shape index (κ2) is 5.64. The van der Waals surface area contributed by atoms with Crippen molar-refractivity contribution in [2.75, 3.05) is 0 Å². The summed E-state index contributed by atoms with van der Waals surface area (Å²) in [5, 5.41) is 19.0. The van der Waals surface area contributed by atoms with E-state index in [4.69, 9.17) is 0 Å². The van der Waals surface area contributed by atoms with E-state index in [1.165, 1.54) is 25.3 Å². The van der Waals surface area contributed by atoms with Crippen LogP contribution in [-0.4, -0.2) is 10.2 Å². The first-order chi connectivity index (χ1) is 7.15. The Morgan fingerprint density at radius 2 is 1.93 bits per heavy atom. The van der Waals surface area contributed by atoms with Crippen LogP contribution < -0.4 is 0 Å². The largest absolute Gasteiger partial charge is 0.508 e. The van der Waals surface area contributed by atoms with Gasteiger partial charge in [-0.15, -0.1) is 0 Å². The molecule has 1 unspecified atom stereocenters. The number of phenolic OH excluding ortho intramolecular Hbond substituents is 2. The van der Waals surface area contributed by atoms with Gasteiger partial charge in [-0.1, -0.05) is 33.1 Å². The highest BCUT2D eigenvalue weighted by Crippen LogP contribution is 2.31. The molecule has 1 atom stereocenters. The average molecular weight is 208 g/mol. The average Bonchev–Trinajstić information content (AvgIpc) is 2.22. The fraction of sp³-hybridized carbons (Fsp3) is 0.538. The van der Waals surface area contributed by atoms with Crippen molar-refractivity contribution in [1.29, 1.82) is 0 Å². The van der Waals surface area contributed by atoms with Crippen LogP contribution in [0, 0.1) is 0 Å². The zero-order valence-corrected chi connectivity index (χ0v) is 9.53. The van der Waals surface area contributed by atoms with Crippen LogP contribution in [0.3, 0.4) is 0 Å². The Morgan fingerprint density at radius 1 is 1.20 bits per heavy atom. The van der Waals surface area contributed by atoms with Gasteiger partial charge < -0.3 is 10.2 Å². The molecular formula is C13H20O2. The van der Waals surface area contributed by atoms with Gasteiger partial charge in [-0.3, -0.25) is 0 Å². The summed E-state index contributed by atoms with van der Waals surface area (Å²) < 4.78 is 0. The van der Waals surface area contributed by atoms with Crippen molar-refractivity contribution in [1.82, 2.24) is 0 Å². The molecule has 2 heteroatoms. The minimum Gasteiger partial charge on any atom is -0.508 e. The molecule has 1 rings (SSSR count). The molecule has 2 N–H and O–H groups in total. The van der Waals surface area contributed by atoms with E-state index in [0.29, 0.717) is 5.92 Å². The molecule has 0 saturated heterocycles. The second-order valence-corrected chi connectivity index (χ2v) is 4.14. The van der Waals surface area contributed by atoms with E-state index in [9.17, 15) is 10.2 Å². The molecule has 0 aliphatic heterocycles. The molecule has 0 aromatic heterocycles. The highest BCUT2D eigenvalue weighted by atomic mass is 16.3. The first kappa shape index (κ1) is 11.9. The fourth-order valence-electron chi connectivity index (χ4n) is 1.79. The van der Waals surface area contributed by atoms with Crippen LogP contribution in [0.25, 0.3) is 0 Å². The fourth-order valence-corrected chi connectivity index (χ4v) is 1.79. The van der Waals surface area contributed by atoms with Gasteiger partial charge in [0.1, 0.15) is 11.5 Å². The van der Waals surface area contributed by atoms with E-state index in [1.807, 2.05) is 0 Å². The Balaban J connectivity index is 2.64. The Labute approximate surface area is 91.6 Å². The van der Waals surface area contributed by atoms with E-state index in [2.05, 4.69) is 13.8 Å². The summed E-state index contributed by atoms with van der Waals surface area (Å²) in [6.07, 6.45) is 4.67. The maximum Gasteiger partial charge on any atom is 0.119 e. The SMILES string of the molecule is CCCCCC(C)c1cc(O)ccc1O. The monoisotopic (exact) mass is 208 g/mol. The van der Waals surface area contributed by atoms with Crippen molar-refractivity contribution in [3.05, 3.63) is 23.8 Å². The third-order valence-corrected chi connectivity index (χ3v) is 2.78. The van der Waals surface area contributed by atoms with Crippen LogP contribution in [0.2, 0.25) is 0 Å². The van der Waals surface area contributed by atoms with Gasteiger partial charge in [0.05, 0.1) is 0 Å². The van der Waals surface area contributed by atoms with Crippen molar-refractivity contribution < 1.29 is 10.2 Å². The van der Waals surface area contributed by atoms with E-state index < -0.39 is 0 Å². The molecule has 0 heterocycles. The van der Waals surface area contributed by atoms with Gasteiger partial charge in [-0.2, -0.15) is 0 Å². The molecule has 0 bridgehead atoms. The lowest BCUT2D eigenvalue weighted by atomic mass is 9.94.